The summed E-state index contributed by atoms with van der Waals surface area (Å²) in [5, 5.41) is 3.14. The van der Waals surface area contributed by atoms with Crippen molar-refractivity contribution in [2.24, 2.45) is 0 Å². The van der Waals surface area contributed by atoms with Crippen molar-refractivity contribution < 1.29 is 31.1 Å². The lowest BCUT2D eigenvalue weighted by Crippen LogP contribution is -2.21. The van der Waals surface area contributed by atoms with Crippen LogP contribution in [-0.2, 0) is 10.1 Å². The van der Waals surface area contributed by atoms with Crippen molar-refractivity contribution in [3.8, 4) is 0 Å². The van der Waals surface area contributed by atoms with Crippen LogP contribution >= 0.6 is 11.6 Å². The number of aromatic nitrogens is 1. The molecule has 2 aromatic rings. The quantitative estimate of drug-likeness (QED) is 0.446. The third-order valence-electron chi connectivity index (χ3n) is 2.72. The Morgan fingerprint density at radius 2 is 1.82 bits per heavy atom. The van der Waals surface area contributed by atoms with E-state index in [1.807, 2.05) is 12.3 Å². The second-order valence-corrected chi connectivity index (χ2v) is 6.46. The normalized spacial score (nSPS) is 12.2. The monoisotopic (exact) mass is 355 g/mol. The fourth-order valence-electron chi connectivity index (χ4n) is 1.71. The Bertz CT molecular complexity index is 761. The molecule has 1 aromatic heterocycles. The zero-order valence-corrected chi connectivity index (χ0v) is 13.2. The number of fused-ring (bicyclic) bond motifs is 1. The molecule has 0 amide bonds. The molecule has 0 fully saturated rings. The zero-order valence-electron chi connectivity index (χ0n) is 11.6. The van der Waals surface area contributed by atoms with Gasteiger partial charge in [0.15, 0.2) is 16.3 Å². The van der Waals surface area contributed by atoms with Gasteiger partial charge in [-0.1, -0.05) is 26.0 Å². The van der Waals surface area contributed by atoms with E-state index in [1.165, 1.54) is 16.3 Å². The molecule has 1 heterocycles. The first kappa shape index (κ1) is 18.7. The second-order valence-electron chi connectivity index (χ2n) is 4.69. The molecule has 0 spiro atoms. The van der Waals surface area contributed by atoms with Gasteiger partial charge in [-0.2, -0.15) is 13.2 Å². The van der Waals surface area contributed by atoms with Gasteiger partial charge in [-0.3, -0.25) is 0 Å². The molecule has 0 atom stereocenters. The fraction of sp³-hybridized carbons (Fsp3) is 0.308. The molecular weight excluding hydrogens is 343 g/mol. The van der Waals surface area contributed by atoms with Crippen LogP contribution in [0, 0.1) is 0 Å². The molecule has 0 aliphatic rings. The molecule has 1 N–H and O–H groups in total. The standard InChI is InChI=1S/C12H12ClN.CHF3O3S/c1-8(2)10-5-3-4-9-7-14-12(13)6-11(9)10;2-1(3,4)8(5,6)7/h3-8H,1-2H3;(H,5,6,7). The number of hydrogen-bond donors (Lipinski definition) is 0. The topological polar surface area (TPSA) is 71.3 Å². The number of pyridine rings is 1. The molecule has 4 nitrogen and oxygen atoms in total. The van der Waals surface area contributed by atoms with Crippen molar-refractivity contribution in [1.82, 2.24) is 0 Å². The maximum atomic E-state index is 10.7. The summed E-state index contributed by atoms with van der Waals surface area (Å²) in [7, 11) is -6.09. The average Bonchev–Trinajstić information content (AvgIpc) is 2.36. The molecule has 22 heavy (non-hydrogen) atoms. The number of aromatic amines is 1. The van der Waals surface area contributed by atoms with Crippen LogP contribution in [0.4, 0.5) is 13.2 Å². The lowest BCUT2D eigenvalue weighted by molar-refractivity contribution is -0.373. The minimum absolute atomic E-state index is 0.525. The lowest BCUT2D eigenvalue weighted by atomic mass is 9.97. The maximum absolute atomic E-state index is 10.7. The summed E-state index contributed by atoms with van der Waals surface area (Å²) >= 11 is 5.94. The highest BCUT2D eigenvalue weighted by molar-refractivity contribution is 7.86. The first-order chi connectivity index (χ1) is 9.93. The van der Waals surface area contributed by atoms with Gasteiger partial charge in [-0.05, 0) is 34.5 Å². The van der Waals surface area contributed by atoms with Crippen LogP contribution in [0.2, 0.25) is 5.15 Å². The number of halogens is 4. The molecule has 9 heteroatoms. The van der Waals surface area contributed by atoms with Crippen LogP contribution < -0.4 is 4.98 Å². The van der Waals surface area contributed by atoms with Gasteiger partial charge in [-0.15, -0.1) is 0 Å². The summed E-state index contributed by atoms with van der Waals surface area (Å²) in [5.41, 5.74) is -4.30. The van der Waals surface area contributed by atoms with Gasteiger partial charge < -0.3 is 4.55 Å². The van der Waals surface area contributed by atoms with Crippen molar-refractivity contribution in [3.63, 3.8) is 0 Å². The number of rotatable bonds is 1. The Kier molecular flexibility index (Phi) is 5.77. The highest BCUT2D eigenvalue weighted by Crippen LogP contribution is 2.25. The highest BCUT2D eigenvalue weighted by Gasteiger charge is 2.36. The molecule has 122 valence electrons. The minimum atomic E-state index is -6.09. The van der Waals surface area contributed by atoms with Crippen LogP contribution in [-0.4, -0.2) is 18.5 Å². The molecule has 0 aliphatic heterocycles. The SMILES string of the molecule is CC(C)c1cccc2c[nH+]c(Cl)cc12.O=S(=O)([O-])C(F)(F)F. The molecule has 0 saturated heterocycles. The average molecular weight is 356 g/mol. The van der Waals surface area contributed by atoms with Crippen LogP contribution in [0.5, 0.6) is 0 Å². The van der Waals surface area contributed by atoms with Crippen molar-refractivity contribution in [2.75, 3.05) is 0 Å². The van der Waals surface area contributed by atoms with E-state index in [-0.39, 0.29) is 0 Å². The van der Waals surface area contributed by atoms with Gasteiger partial charge in [-0.25, -0.2) is 13.4 Å². The Balaban J connectivity index is 0.000000261. The smallest absolute Gasteiger partial charge is 0.485 e. The fourth-order valence-corrected chi connectivity index (χ4v) is 1.88. The Labute approximate surface area is 130 Å². The molecule has 0 bridgehead atoms. The van der Waals surface area contributed by atoms with Crippen molar-refractivity contribution >= 4 is 32.5 Å². The van der Waals surface area contributed by atoms with E-state index >= 15 is 0 Å². The first-order valence-corrected chi connectivity index (χ1v) is 7.84. The third kappa shape index (κ3) is 4.82. The number of H-pyrrole nitrogens is 1. The summed E-state index contributed by atoms with van der Waals surface area (Å²) in [6.07, 6.45) is 1.95. The summed E-state index contributed by atoms with van der Waals surface area (Å²) in [6.45, 7) is 4.39. The van der Waals surface area contributed by atoms with E-state index in [2.05, 4.69) is 37.0 Å². The summed E-state index contributed by atoms with van der Waals surface area (Å²) in [4.78, 5) is 3.01. The van der Waals surface area contributed by atoms with Gasteiger partial charge >= 0.3 is 5.51 Å². The number of alkyl halides is 3. The van der Waals surface area contributed by atoms with Gasteiger partial charge in [0, 0.05) is 11.5 Å². The molecule has 0 saturated carbocycles. The first-order valence-electron chi connectivity index (χ1n) is 6.05. The van der Waals surface area contributed by atoms with E-state index in [0.717, 1.165) is 0 Å². The highest BCUT2D eigenvalue weighted by atomic mass is 35.5. The Morgan fingerprint density at radius 1 is 1.27 bits per heavy atom. The van der Waals surface area contributed by atoms with Crippen molar-refractivity contribution in [3.05, 3.63) is 41.2 Å². The van der Waals surface area contributed by atoms with E-state index < -0.39 is 15.6 Å². The molecular formula is C13H13ClF3NO3S. The summed E-state index contributed by atoms with van der Waals surface area (Å²) in [5.74, 6) is 0.525. The minimum Gasteiger partial charge on any atom is -0.741 e. The summed E-state index contributed by atoms with van der Waals surface area (Å²) in [6, 6.07) is 8.32. The van der Waals surface area contributed by atoms with E-state index in [4.69, 9.17) is 24.6 Å². The molecule has 1 aromatic carbocycles. The van der Waals surface area contributed by atoms with Crippen molar-refractivity contribution in [1.29, 1.82) is 0 Å². The molecule has 0 radical (unpaired) electrons. The molecule has 2 rings (SSSR count). The van der Waals surface area contributed by atoms with Crippen molar-refractivity contribution in [2.45, 2.75) is 25.3 Å². The third-order valence-corrected chi connectivity index (χ3v) is 3.50. The van der Waals surface area contributed by atoms with Crippen LogP contribution in [0.25, 0.3) is 10.8 Å². The number of nitrogens with one attached hydrogen (secondary N) is 1. The zero-order chi connectivity index (χ0) is 17.1. The predicted octanol–water partition coefficient (Wildman–Crippen LogP) is 3.48. The Morgan fingerprint density at radius 3 is 2.27 bits per heavy atom. The molecule has 0 unspecified atom stereocenters. The van der Waals surface area contributed by atoms with Gasteiger partial charge in [0.25, 0.3) is 5.15 Å². The largest absolute Gasteiger partial charge is 0.741 e. The second kappa shape index (κ2) is 6.80. The molecule has 0 aliphatic carbocycles. The number of benzene rings is 1. The van der Waals surface area contributed by atoms with Crippen LogP contribution in [0.1, 0.15) is 25.3 Å². The predicted molar refractivity (Wildman–Crippen MR) is 75.4 cm³/mol. The van der Waals surface area contributed by atoms with Gasteiger partial charge in [0.2, 0.25) is 0 Å². The van der Waals surface area contributed by atoms with E-state index in [9.17, 15) is 13.2 Å². The van der Waals surface area contributed by atoms with E-state index in [0.29, 0.717) is 11.1 Å². The summed E-state index contributed by atoms with van der Waals surface area (Å²) < 4.78 is 58.9. The number of hydrogen-bond acceptors (Lipinski definition) is 3. The van der Waals surface area contributed by atoms with Gasteiger partial charge in [0.05, 0.1) is 0 Å². The van der Waals surface area contributed by atoms with Crippen LogP contribution in [0.15, 0.2) is 30.5 Å². The van der Waals surface area contributed by atoms with Crippen LogP contribution in [0.3, 0.4) is 0 Å². The maximum Gasteiger partial charge on any atom is 0.485 e. The van der Waals surface area contributed by atoms with E-state index in [1.54, 1.807) is 0 Å². The lowest BCUT2D eigenvalue weighted by Gasteiger charge is -2.08. The van der Waals surface area contributed by atoms with Gasteiger partial charge in [0.1, 0.15) is 0 Å². The Hall–Kier alpha value is -1.38.